The van der Waals surface area contributed by atoms with Gasteiger partial charge in [0.25, 0.3) is 0 Å². The number of halogens is 3. The molecule has 1 heterocycles. The van der Waals surface area contributed by atoms with E-state index in [4.69, 9.17) is 0 Å². The number of rotatable bonds is 2. The molecule has 0 fully saturated rings. The first-order valence-electron chi connectivity index (χ1n) is 6.53. The number of para-hydroxylation sites is 1. The zero-order valence-corrected chi connectivity index (χ0v) is 11.0. The quantitative estimate of drug-likeness (QED) is 0.651. The van der Waals surface area contributed by atoms with Crippen molar-refractivity contribution >= 4 is 10.9 Å². The molecular formula is C17H12F3N. The fourth-order valence-corrected chi connectivity index (χ4v) is 2.42. The van der Waals surface area contributed by atoms with Crippen molar-refractivity contribution in [1.29, 1.82) is 0 Å². The Kier molecular flexibility index (Phi) is 3.37. The summed E-state index contributed by atoms with van der Waals surface area (Å²) in [4.78, 5) is 4.20. The number of nitrogens with zero attached hydrogens (tertiary/aromatic N) is 1. The topological polar surface area (TPSA) is 12.9 Å². The highest BCUT2D eigenvalue weighted by Gasteiger charge is 2.42. The van der Waals surface area contributed by atoms with E-state index in [1.165, 1.54) is 18.2 Å². The van der Waals surface area contributed by atoms with Gasteiger partial charge in [0.05, 0.1) is 11.2 Å². The third-order valence-electron chi connectivity index (χ3n) is 3.38. The Morgan fingerprint density at radius 2 is 1.43 bits per heavy atom. The minimum atomic E-state index is -4.38. The zero-order valence-electron chi connectivity index (χ0n) is 11.0. The summed E-state index contributed by atoms with van der Waals surface area (Å²) in [6.07, 6.45) is -4.38. The lowest BCUT2D eigenvalue weighted by molar-refractivity contribution is -0.141. The summed E-state index contributed by atoms with van der Waals surface area (Å²) >= 11 is 0. The molecule has 0 saturated carbocycles. The van der Waals surface area contributed by atoms with Gasteiger partial charge in [-0.1, -0.05) is 54.6 Å². The molecule has 3 aromatic rings. The molecule has 0 amide bonds. The van der Waals surface area contributed by atoms with Gasteiger partial charge in [-0.15, -0.1) is 0 Å². The van der Waals surface area contributed by atoms with Gasteiger partial charge in [0.1, 0.15) is 5.92 Å². The van der Waals surface area contributed by atoms with Crippen molar-refractivity contribution in [1.82, 2.24) is 4.98 Å². The third kappa shape index (κ3) is 2.75. The highest BCUT2D eigenvalue weighted by Crippen LogP contribution is 2.39. The number of aromatic nitrogens is 1. The number of pyridine rings is 1. The van der Waals surface area contributed by atoms with Crippen molar-refractivity contribution in [2.24, 2.45) is 0 Å². The highest BCUT2D eigenvalue weighted by molar-refractivity contribution is 5.78. The van der Waals surface area contributed by atoms with Crippen molar-refractivity contribution in [2.75, 3.05) is 0 Å². The number of fused-ring (bicyclic) bond motifs is 1. The van der Waals surface area contributed by atoms with E-state index in [1.807, 2.05) is 12.1 Å². The number of benzene rings is 2. The van der Waals surface area contributed by atoms with Gasteiger partial charge in [-0.2, -0.15) is 13.2 Å². The van der Waals surface area contributed by atoms with Gasteiger partial charge in [-0.25, -0.2) is 0 Å². The smallest absolute Gasteiger partial charge is 0.252 e. The number of alkyl halides is 3. The number of hydrogen-bond donors (Lipinski definition) is 0. The summed E-state index contributed by atoms with van der Waals surface area (Å²) in [5.74, 6) is -1.71. The van der Waals surface area contributed by atoms with E-state index in [1.54, 1.807) is 36.4 Å². The van der Waals surface area contributed by atoms with E-state index in [9.17, 15) is 13.2 Å². The van der Waals surface area contributed by atoms with Crippen LogP contribution in [0.5, 0.6) is 0 Å². The molecule has 0 aliphatic heterocycles. The summed E-state index contributed by atoms with van der Waals surface area (Å²) in [7, 11) is 0. The van der Waals surface area contributed by atoms with Gasteiger partial charge in [-0.3, -0.25) is 4.98 Å². The average molecular weight is 287 g/mol. The molecule has 2 aromatic carbocycles. The monoisotopic (exact) mass is 287 g/mol. The molecule has 1 atom stereocenters. The summed E-state index contributed by atoms with van der Waals surface area (Å²) in [5, 5.41) is 0.829. The van der Waals surface area contributed by atoms with Gasteiger partial charge in [0, 0.05) is 5.39 Å². The van der Waals surface area contributed by atoms with Crippen LogP contribution in [0.2, 0.25) is 0 Å². The maximum absolute atomic E-state index is 13.5. The summed E-state index contributed by atoms with van der Waals surface area (Å²) in [5.41, 5.74) is 0.792. The largest absolute Gasteiger partial charge is 0.401 e. The first kappa shape index (κ1) is 13.6. The highest BCUT2D eigenvalue weighted by atomic mass is 19.4. The first-order valence-corrected chi connectivity index (χ1v) is 6.53. The second-order valence-corrected chi connectivity index (χ2v) is 4.81. The van der Waals surface area contributed by atoms with E-state index in [2.05, 4.69) is 4.98 Å². The minimum Gasteiger partial charge on any atom is -0.252 e. The molecule has 4 heteroatoms. The van der Waals surface area contributed by atoms with Crippen LogP contribution in [0.25, 0.3) is 10.9 Å². The van der Waals surface area contributed by atoms with Crippen LogP contribution in [0.1, 0.15) is 17.2 Å². The van der Waals surface area contributed by atoms with E-state index in [0.717, 1.165) is 5.39 Å². The maximum Gasteiger partial charge on any atom is 0.401 e. The molecule has 106 valence electrons. The predicted octanol–water partition coefficient (Wildman–Crippen LogP) is 4.93. The predicted molar refractivity (Wildman–Crippen MR) is 76.1 cm³/mol. The number of hydrogen-bond acceptors (Lipinski definition) is 1. The van der Waals surface area contributed by atoms with E-state index in [-0.39, 0.29) is 11.3 Å². The Bertz CT molecular complexity index is 751. The van der Waals surface area contributed by atoms with Crippen LogP contribution in [0, 0.1) is 0 Å². The molecule has 1 aromatic heterocycles. The summed E-state index contributed by atoms with van der Waals surface area (Å²) in [6, 6.07) is 18.2. The van der Waals surface area contributed by atoms with Crippen molar-refractivity contribution < 1.29 is 13.2 Å². The molecule has 0 bridgehead atoms. The Hall–Kier alpha value is -2.36. The van der Waals surface area contributed by atoms with Crippen LogP contribution in [0.3, 0.4) is 0 Å². The summed E-state index contributed by atoms with van der Waals surface area (Å²) in [6.45, 7) is 0. The zero-order chi connectivity index (χ0) is 14.9. The summed E-state index contributed by atoms with van der Waals surface area (Å²) < 4.78 is 40.4. The maximum atomic E-state index is 13.5. The standard InChI is InChI=1S/C17H12F3N/c18-17(19,20)16(13-7-2-1-3-8-13)15-11-10-12-6-4-5-9-14(12)21-15/h1-11,16H. The van der Waals surface area contributed by atoms with Crippen LogP contribution in [-0.2, 0) is 0 Å². The van der Waals surface area contributed by atoms with Crippen molar-refractivity contribution in [3.63, 3.8) is 0 Å². The third-order valence-corrected chi connectivity index (χ3v) is 3.38. The molecular weight excluding hydrogens is 275 g/mol. The fourth-order valence-electron chi connectivity index (χ4n) is 2.42. The second kappa shape index (κ2) is 5.20. The molecule has 0 saturated heterocycles. The van der Waals surface area contributed by atoms with Gasteiger partial charge in [0.2, 0.25) is 0 Å². The van der Waals surface area contributed by atoms with Crippen LogP contribution >= 0.6 is 0 Å². The molecule has 3 rings (SSSR count). The minimum absolute atomic E-state index is 0.0207. The molecule has 0 aliphatic carbocycles. The Morgan fingerprint density at radius 3 is 2.14 bits per heavy atom. The Balaban J connectivity index is 2.15. The van der Waals surface area contributed by atoms with Crippen molar-refractivity contribution in [3.05, 3.63) is 78.0 Å². The average Bonchev–Trinajstić information content (AvgIpc) is 2.47. The molecule has 0 radical (unpaired) electrons. The Labute approximate surface area is 120 Å². The van der Waals surface area contributed by atoms with Gasteiger partial charge < -0.3 is 0 Å². The van der Waals surface area contributed by atoms with E-state index >= 15 is 0 Å². The normalized spacial score (nSPS) is 13.3. The molecule has 21 heavy (non-hydrogen) atoms. The van der Waals surface area contributed by atoms with E-state index in [0.29, 0.717) is 5.52 Å². The molecule has 1 unspecified atom stereocenters. The Morgan fingerprint density at radius 1 is 0.762 bits per heavy atom. The van der Waals surface area contributed by atoms with Gasteiger partial charge in [-0.05, 0) is 17.7 Å². The lowest BCUT2D eigenvalue weighted by Crippen LogP contribution is -2.23. The van der Waals surface area contributed by atoms with Crippen LogP contribution in [-0.4, -0.2) is 11.2 Å². The van der Waals surface area contributed by atoms with Gasteiger partial charge in [0.15, 0.2) is 0 Å². The fraction of sp³-hybridized carbons (Fsp3) is 0.118. The molecule has 0 aliphatic rings. The van der Waals surface area contributed by atoms with Crippen molar-refractivity contribution in [2.45, 2.75) is 12.1 Å². The van der Waals surface area contributed by atoms with Crippen molar-refractivity contribution in [3.8, 4) is 0 Å². The SMILES string of the molecule is FC(F)(F)C(c1ccccc1)c1ccc2ccccc2n1. The van der Waals surface area contributed by atoms with Crippen LogP contribution < -0.4 is 0 Å². The van der Waals surface area contributed by atoms with Crippen LogP contribution in [0.4, 0.5) is 13.2 Å². The van der Waals surface area contributed by atoms with Crippen LogP contribution in [0.15, 0.2) is 66.7 Å². The van der Waals surface area contributed by atoms with Gasteiger partial charge >= 0.3 is 6.18 Å². The molecule has 0 N–H and O–H groups in total. The molecule has 0 spiro atoms. The lowest BCUT2D eigenvalue weighted by Gasteiger charge is -2.20. The van der Waals surface area contributed by atoms with E-state index < -0.39 is 12.1 Å². The lowest BCUT2D eigenvalue weighted by atomic mass is 9.94. The second-order valence-electron chi connectivity index (χ2n) is 4.81. The molecule has 1 nitrogen and oxygen atoms in total. The first-order chi connectivity index (χ1) is 10.1.